The van der Waals surface area contributed by atoms with Crippen LogP contribution < -0.4 is 5.14 Å². The van der Waals surface area contributed by atoms with E-state index in [0.29, 0.717) is 18.0 Å². The fourth-order valence-corrected chi connectivity index (χ4v) is 3.50. The molecule has 0 radical (unpaired) electrons. The molecule has 1 heterocycles. The highest BCUT2D eigenvalue weighted by molar-refractivity contribution is 7.89. The SMILES string of the molecule is CCN1CC[C@H](CN(CC)C(=O)c2ccc(S(N)(=O)=O)cc2)C1. The van der Waals surface area contributed by atoms with Gasteiger partial charge in [-0.1, -0.05) is 6.92 Å². The minimum absolute atomic E-state index is 0.0199. The van der Waals surface area contributed by atoms with Crippen molar-refractivity contribution >= 4 is 15.9 Å². The van der Waals surface area contributed by atoms with Crippen molar-refractivity contribution in [2.45, 2.75) is 25.2 Å². The molecule has 1 atom stereocenters. The van der Waals surface area contributed by atoms with Crippen molar-refractivity contribution in [1.82, 2.24) is 9.80 Å². The summed E-state index contributed by atoms with van der Waals surface area (Å²) in [6, 6.07) is 5.81. The Morgan fingerprint density at radius 3 is 2.43 bits per heavy atom. The topological polar surface area (TPSA) is 83.7 Å². The van der Waals surface area contributed by atoms with E-state index >= 15 is 0 Å². The van der Waals surface area contributed by atoms with Gasteiger partial charge in [0.25, 0.3) is 5.91 Å². The summed E-state index contributed by atoms with van der Waals surface area (Å²) in [5.41, 5.74) is 0.490. The third-order valence-corrected chi connectivity index (χ3v) is 5.32. The monoisotopic (exact) mass is 339 g/mol. The first-order valence-corrected chi connectivity index (χ1v) is 9.54. The van der Waals surface area contributed by atoms with E-state index in [0.717, 1.165) is 32.6 Å². The smallest absolute Gasteiger partial charge is 0.253 e. The summed E-state index contributed by atoms with van der Waals surface area (Å²) in [5.74, 6) is 0.436. The molecule has 2 N–H and O–H groups in total. The molecule has 128 valence electrons. The number of amides is 1. The first kappa shape index (κ1) is 17.9. The highest BCUT2D eigenvalue weighted by Crippen LogP contribution is 2.18. The predicted molar refractivity (Wildman–Crippen MR) is 89.6 cm³/mol. The lowest BCUT2D eigenvalue weighted by Gasteiger charge is -2.24. The van der Waals surface area contributed by atoms with Crippen LogP contribution in [0.5, 0.6) is 0 Å². The number of sulfonamides is 1. The summed E-state index contributed by atoms with van der Waals surface area (Å²) < 4.78 is 22.5. The van der Waals surface area contributed by atoms with Gasteiger partial charge in [0.1, 0.15) is 0 Å². The van der Waals surface area contributed by atoms with Crippen molar-refractivity contribution in [3.8, 4) is 0 Å². The van der Waals surface area contributed by atoms with Gasteiger partial charge in [-0.3, -0.25) is 4.79 Å². The van der Waals surface area contributed by atoms with Crippen LogP contribution in [0.15, 0.2) is 29.2 Å². The maximum atomic E-state index is 12.6. The molecule has 1 fully saturated rings. The first-order chi connectivity index (χ1) is 10.8. The maximum absolute atomic E-state index is 12.6. The average Bonchev–Trinajstić information content (AvgIpc) is 2.99. The fourth-order valence-electron chi connectivity index (χ4n) is 2.99. The lowest BCUT2D eigenvalue weighted by molar-refractivity contribution is 0.0739. The molecule has 2 rings (SSSR count). The van der Waals surface area contributed by atoms with Crippen LogP contribution in [-0.4, -0.2) is 56.8 Å². The number of nitrogens with zero attached hydrogens (tertiary/aromatic N) is 2. The Morgan fingerprint density at radius 1 is 1.30 bits per heavy atom. The number of likely N-dealkylation sites (tertiary alicyclic amines) is 1. The van der Waals surface area contributed by atoms with E-state index in [-0.39, 0.29) is 10.8 Å². The van der Waals surface area contributed by atoms with Gasteiger partial charge in [-0.15, -0.1) is 0 Å². The lowest BCUT2D eigenvalue weighted by Crippen LogP contribution is -2.36. The van der Waals surface area contributed by atoms with E-state index in [2.05, 4.69) is 11.8 Å². The van der Waals surface area contributed by atoms with Crippen LogP contribution in [-0.2, 0) is 10.0 Å². The summed E-state index contributed by atoms with van der Waals surface area (Å²) in [5, 5.41) is 5.08. The van der Waals surface area contributed by atoms with Gasteiger partial charge in [0.05, 0.1) is 4.90 Å². The Labute approximate surface area is 138 Å². The van der Waals surface area contributed by atoms with E-state index in [1.54, 1.807) is 0 Å². The summed E-state index contributed by atoms with van der Waals surface area (Å²) >= 11 is 0. The van der Waals surface area contributed by atoms with E-state index in [9.17, 15) is 13.2 Å². The number of hydrogen-bond acceptors (Lipinski definition) is 4. The zero-order chi connectivity index (χ0) is 17.0. The minimum atomic E-state index is -3.73. The molecule has 1 aromatic rings. The van der Waals surface area contributed by atoms with Crippen LogP contribution in [0.3, 0.4) is 0 Å². The van der Waals surface area contributed by atoms with Gasteiger partial charge in [0.15, 0.2) is 0 Å². The third-order valence-electron chi connectivity index (χ3n) is 4.39. The second-order valence-corrected chi connectivity index (χ2v) is 7.52. The van der Waals surface area contributed by atoms with Crippen LogP contribution in [0.2, 0.25) is 0 Å². The molecule has 0 bridgehead atoms. The predicted octanol–water partition coefficient (Wildman–Crippen LogP) is 1.14. The van der Waals surface area contributed by atoms with E-state index in [1.807, 2.05) is 11.8 Å². The van der Waals surface area contributed by atoms with Gasteiger partial charge in [0.2, 0.25) is 10.0 Å². The third kappa shape index (κ3) is 4.53. The molecule has 0 aliphatic carbocycles. The van der Waals surface area contributed by atoms with E-state index in [1.165, 1.54) is 24.3 Å². The van der Waals surface area contributed by atoms with Crippen molar-refractivity contribution in [3.63, 3.8) is 0 Å². The fraction of sp³-hybridized carbons (Fsp3) is 0.562. The van der Waals surface area contributed by atoms with Gasteiger partial charge >= 0.3 is 0 Å². The highest BCUT2D eigenvalue weighted by atomic mass is 32.2. The summed E-state index contributed by atoms with van der Waals surface area (Å²) in [6.45, 7) is 8.66. The number of hydrogen-bond donors (Lipinski definition) is 1. The Balaban J connectivity index is 2.05. The Hall–Kier alpha value is -1.44. The molecule has 23 heavy (non-hydrogen) atoms. The second-order valence-electron chi connectivity index (χ2n) is 5.96. The van der Waals surface area contributed by atoms with Crippen LogP contribution >= 0.6 is 0 Å². The van der Waals surface area contributed by atoms with Crippen molar-refractivity contribution < 1.29 is 13.2 Å². The van der Waals surface area contributed by atoms with Crippen LogP contribution in [0.25, 0.3) is 0 Å². The van der Waals surface area contributed by atoms with Crippen LogP contribution in [0, 0.1) is 5.92 Å². The molecule has 1 aliphatic rings. The number of nitrogens with two attached hydrogens (primary N) is 1. The normalized spacial score (nSPS) is 19.0. The maximum Gasteiger partial charge on any atom is 0.253 e. The molecule has 0 saturated carbocycles. The quantitative estimate of drug-likeness (QED) is 0.842. The number of rotatable bonds is 6. The Kier molecular flexibility index (Phi) is 5.78. The molecule has 0 aromatic heterocycles. The molecule has 6 nitrogen and oxygen atoms in total. The summed E-state index contributed by atoms with van der Waals surface area (Å²) in [7, 11) is -3.73. The highest BCUT2D eigenvalue weighted by Gasteiger charge is 2.25. The molecule has 1 aromatic carbocycles. The zero-order valence-corrected chi connectivity index (χ0v) is 14.6. The number of carbonyl (C=O) groups is 1. The lowest BCUT2D eigenvalue weighted by atomic mass is 10.1. The van der Waals surface area contributed by atoms with E-state index in [4.69, 9.17) is 5.14 Å². The van der Waals surface area contributed by atoms with Crippen molar-refractivity contribution in [2.24, 2.45) is 11.1 Å². The molecule has 1 aliphatic heterocycles. The standard InChI is InChI=1S/C16H25N3O3S/c1-3-18-10-9-13(11-18)12-19(4-2)16(20)14-5-7-15(8-6-14)23(17,21)22/h5-8,13H,3-4,9-12H2,1-2H3,(H2,17,21,22)/t13-/m0/s1. The van der Waals surface area contributed by atoms with Gasteiger partial charge in [-0.2, -0.15) is 0 Å². The molecular weight excluding hydrogens is 314 g/mol. The van der Waals surface area contributed by atoms with Crippen molar-refractivity contribution in [2.75, 3.05) is 32.7 Å². The first-order valence-electron chi connectivity index (χ1n) is 7.99. The van der Waals surface area contributed by atoms with Crippen molar-refractivity contribution in [3.05, 3.63) is 29.8 Å². The number of benzene rings is 1. The summed E-state index contributed by atoms with van der Waals surface area (Å²) in [4.78, 5) is 16.8. The second kappa shape index (κ2) is 7.42. The van der Waals surface area contributed by atoms with Crippen LogP contribution in [0.1, 0.15) is 30.6 Å². The molecule has 1 saturated heterocycles. The average molecular weight is 339 g/mol. The molecule has 0 spiro atoms. The van der Waals surface area contributed by atoms with Gasteiger partial charge < -0.3 is 9.80 Å². The Bertz CT molecular complexity index is 643. The summed E-state index contributed by atoms with van der Waals surface area (Å²) in [6.07, 6.45) is 1.11. The number of primary sulfonamides is 1. The molecule has 0 unspecified atom stereocenters. The van der Waals surface area contributed by atoms with Gasteiger partial charge in [-0.05, 0) is 56.6 Å². The van der Waals surface area contributed by atoms with Crippen LogP contribution in [0.4, 0.5) is 0 Å². The van der Waals surface area contributed by atoms with Gasteiger partial charge in [0, 0.05) is 25.2 Å². The zero-order valence-electron chi connectivity index (χ0n) is 13.7. The molecule has 1 amide bonds. The minimum Gasteiger partial charge on any atom is -0.339 e. The molecule has 7 heteroatoms. The van der Waals surface area contributed by atoms with E-state index < -0.39 is 10.0 Å². The largest absolute Gasteiger partial charge is 0.339 e. The number of carbonyl (C=O) groups excluding carboxylic acids is 1. The Morgan fingerprint density at radius 2 is 1.96 bits per heavy atom. The van der Waals surface area contributed by atoms with Crippen molar-refractivity contribution in [1.29, 1.82) is 0 Å². The van der Waals surface area contributed by atoms with Gasteiger partial charge in [-0.25, -0.2) is 13.6 Å². The molecular formula is C16H25N3O3S.